The van der Waals surface area contributed by atoms with Crippen molar-refractivity contribution in [1.82, 2.24) is 0 Å². The molecule has 7 aromatic carbocycles. The van der Waals surface area contributed by atoms with E-state index < -0.39 is 0 Å². The summed E-state index contributed by atoms with van der Waals surface area (Å²) in [5, 5.41) is 3.31. The van der Waals surface area contributed by atoms with Crippen molar-refractivity contribution in [1.29, 1.82) is 0 Å². The number of fused-ring (bicyclic) bond motifs is 8. The van der Waals surface area contributed by atoms with Gasteiger partial charge in [0, 0.05) is 50.0 Å². The van der Waals surface area contributed by atoms with Crippen LogP contribution in [0.25, 0.3) is 55.6 Å². The number of nitrogens with zero attached hydrogens (tertiary/aromatic N) is 2. The Morgan fingerprint density at radius 2 is 1.07 bits per heavy atom. The molecule has 0 saturated carbocycles. The van der Waals surface area contributed by atoms with Gasteiger partial charge in [-0.3, -0.25) is 0 Å². The summed E-state index contributed by atoms with van der Waals surface area (Å²) in [7, 11) is 0. The minimum Gasteiger partial charge on any atom is -0.468 e. The van der Waals surface area contributed by atoms with E-state index in [2.05, 4.69) is 200 Å². The average molecular weight is 875 g/mol. The normalized spacial score (nSPS) is 13.6. The zero-order valence-electron chi connectivity index (χ0n) is 40.1. The van der Waals surface area contributed by atoms with Crippen LogP contribution in [-0.4, -0.2) is 6.71 Å². The van der Waals surface area contributed by atoms with E-state index in [9.17, 15) is 0 Å². The lowest BCUT2D eigenvalue weighted by atomic mass is 9.35. The highest BCUT2D eigenvalue weighted by Crippen LogP contribution is 2.50. The van der Waals surface area contributed by atoms with E-state index >= 15 is 0 Å². The number of aryl methyl sites for hydroxylation is 2. The quantitative estimate of drug-likeness (QED) is 0.161. The minimum atomic E-state index is -0.220. The highest BCUT2D eigenvalue weighted by molar-refractivity contribution is 7.00. The Morgan fingerprint density at radius 3 is 1.67 bits per heavy atom. The molecule has 0 saturated heterocycles. The van der Waals surface area contributed by atoms with Crippen molar-refractivity contribution in [3.8, 4) is 22.6 Å². The van der Waals surface area contributed by atoms with Crippen LogP contribution in [0.15, 0.2) is 159 Å². The molecule has 330 valence electrons. The van der Waals surface area contributed by atoms with Gasteiger partial charge in [0.05, 0.1) is 17.0 Å². The zero-order chi connectivity index (χ0) is 46.3. The first-order chi connectivity index (χ1) is 32.1. The number of rotatable bonds is 5. The first-order valence-corrected chi connectivity index (χ1v) is 23.8. The molecule has 0 N–H and O–H groups in total. The minimum absolute atomic E-state index is 0.00537. The summed E-state index contributed by atoms with van der Waals surface area (Å²) in [6.45, 7) is 22.8. The van der Waals surface area contributed by atoms with E-state index in [4.69, 9.17) is 13.3 Å². The van der Waals surface area contributed by atoms with Gasteiger partial charge in [-0.2, -0.15) is 0 Å². The van der Waals surface area contributed by atoms with Crippen molar-refractivity contribution in [2.24, 2.45) is 0 Å². The topological polar surface area (TPSA) is 45.9 Å². The first-order valence-electron chi connectivity index (χ1n) is 23.8. The van der Waals surface area contributed by atoms with E-state index in [1.807, 2.05) is 24.3 Å². The monoisotopic (exact) mass is 874 g/mol. The van der Waals surface area contributed by atoms with Crippen LogP contribution < -0.4 is 26.4 Å². The van der Waals surface area contributed by atoms with Crippen molar-refractivity contribution in [3.05, 3.63) is 173 Å². The highest BCUT2D eigenvalue weighted by atomic mass is 16.3. The molecule has 5 heterocycles. The van der Waals surface area contributed by atoms with Crippen molar-refractivity contribution in [3.63, 3.8) is 0 Å². The van der Waals surface area contributed by atoms with Gasteiger partial charge in [0.2, 0.25) is 0 Å². The van der Waals surface area contributed by atoms with Gasteiger partial charge in [-0.15, -0.1) is 0 Å². The lowest BCUT2D eigenvalue weighted by Gasteiger charge is -2.43. The van der Waals surface area contributed by atoms with Crippen LogP contribution >= 0.6 is 0 Å². The van der Waals surface area contributed by atoms with E-state index in [1.165, 1.54) is 44.7 Å². The van der Waals surface area contributed by atoms with Crippen LogP contribution in [0.3, 0.4) is 0 Å². The predicted molar refractivity (Wildman–Crippen MR) is 282 cm³/mol. The first kappa shape index (κ1) is 41.3. The predicted octanol–water partition coefficient (Wildman–Crippen LogP) is 15.7. The Balaban J connectivity index is 1.16. The lowest BCUT2D eigenvalue weighted by Crippen LogP contribution is -2.61. The molecule has 0 fully saturated rings. The molecule has 0 amide bonds. The largest absolute Gasteiger partial charge is 0.468 e. The molecule has 5 nitrogen and oxygen atoms in total. The number of benzene rings is 7. The molecule has 3 aromatic heterocycles. The van der Waals surface area contributed by atoms with E-state index in [-0.39, 0.29) is 23.5 Å². The standard InChI is InChI=1S/C61H55BN2O3/c1-35(2)42-30-49-56-50(31-42)64(57-36(3)27-44(28-37(57)4)61(8,9)10)58-46-34-43(60(5,6)7)22-26-53(46)67-59(58)62(56)47-29-41(55-33-40-16-12-14-18-52(40)66-55)21-25-48(47)63(49)45-23-19-38(20-24-45)54-32-39-15-11-13-17-51(39)65-54/h11-35H,1-10H3. The maximum atomic E-state index is 7.38. The van der Waals surface area contributed by atoms with Crippen molar-refractivity contribution in [2.45, 2.75) is 86.0 Å². The summed E-state index contributed by atoms with van der Waals surface area (Å²) in [6, 6.07) is 53.1. The second kappa shape index (κ2) is 14.7. The van der Waals surface area contributed by atoms with Gasteiger partial charge in [0.15, 0.2) is 0 Å². The zero-order valence-corrected chi connectivity index (χ0v) is 40.1. The van der Waals surface area contributed by atoms with Gasteiger partial charge in [-0.1, -0.05) is 116 Å². The summed E-state index contributed by atoms with van der Waals surface area (Å²) in [5.41, 5.74) is 21.2. The molecule has 10 aromatic rings. The summed E-state index contributed by atoms with van der Waals surface area (Å²) < 4.78 is 20.3. The Hall–Kier alpha value is -7.18. The SMILES string of the molecule is Cc1cc(C(C)(C)C)cc(C)c1N1c2cc(C(C)C)cc3c2B(c2cc(-c4cc5ccccc5o4)ccc2N3c2ccc(-c3cc4ccccc4o3)cc2)c2oc3ccc(C(C)(C)C)cc3c21. The smallest absolute Gasteiger partial charge is 0.297 e. The summed E-state index contributed by atoms with van der Waals surface area (Å²) >= 11 is 0. The molecule has 12 rings (SSSR count). The molecule has 2 aliphatic rings. The Labute approximate surface area is 393 Å². The van der Waals surface area contributed by atoms with E-state index in [1.54, 1.807) is 0 Å². The lowest BCUT2D eigenvalue weighted by molar-refractivity contribution is 0.589. The van der Waals surface area contributed by atoms with Crippen molar-refractivity contribution < 1.29 is 13.3 Å². The van der Waals surface area contributed by atoms with Gasteiger partial charge in [-0.05, 0) is 154 Å². The highest BCUT2D eigenvalue weighted by Gasteiger charge is 2.48. The fraction of sp³-hybridized carbons (Fsp3) is 0.213. The van der Waals surface area contributed by atoms with Crippen LogP contribution in [0.2, 0.25) is 0 Å². The summed E-state index contributed by atoms with van der Waals surface area (Å²) in [5.74, 6) is 1.96. The van der Waals surface area contributed by atoms with Gasteiger partial charge < -0.3 is 23.1 Å². The van der Waals surface area contributed by atoms with Crippen molar-refractivity contribution in [2.75, 3.05) is 9.80 Å². The molecule has 2 aliphatic heterocycles. The number of furan rings is 3. The molecule has 0 spiro atoms. The van der Waals surface area contributed by atoms with Crippen LogP contribution in [-0.2, 0) is 10.8 Å². The maximum absolute atomic E-state index is 7.38. The second-order valence-electron chi connectivity index (χ2n) is 21.3. The Bertz CT molecular complexity index is 3540. The van der Waals surface area contributed by atoms with Crippen molar-refractivity contribution >= 4 is 90.3 Å². The Morgan fingerprint density at radius 1 is 0.493 bits per heavy atom. The molecule has 67 heavy (non-hydrogen) atoms. The molecule has 0 atom stereocenters. The average Bonchev–Trinajstić information content (AvgIpc) is 4.04. The van der Waals surface area contributed by atoms with Gasteiger partial charge in [0.1, 0.15) is 28.3 Å². The fourth-order valence-corrected chi connectivity index (χ4v) is 10.7. The van der Waals surface area contributed by atoms with Gasteiger partial charge >= 0.3 is 0 Å². The van der Waals surface area contributed by atoms with E-state index in [0.29, 0.717) is 0 Å². The molecule has 0 bridgehead atoms. The number of para-hydroxylation sites is 2. The third-order valence-corrected chi connectivity index (χ3v) is 14.3. The molecule has 0 aliphatic carbocycles. The van der Waals surface area contributed by atoms with Crippen LogP contribution in [0.1, 0.15) is 89.1 Å². The van der Waals surface area contributed by atoms with Gasteiger partial charge in [-0.25, -0.2) is 0 Å². The fourth-order valence-electron chi connectivity index (χ4n) is 10.7. The van der Waals surface area contributed by atoms with Crippen LogP contribution in [0.4, 0.5) is 34.1 Å². The summed E-state index contributed by atoms with van der Waals surface area (Å²) in [4.78, 5) is 5.05. The Kier molecular flexibility index (Phi) is 9.03. The molecular formula is C61H55BN2O3. The number of anilines is 6. The molecule has 0 radical (unpaired) electrons. The maximum Gasteiger partial charge on any atom is 0.297 e. The number of hydrogen-bond acceptors (Lipinski definition) is 5. The molecule has 0 unspecified atom stereocenters. The number of hydrogen-bond donors (Lipinski definition) is 0. The molecule has 6 heteroatoms. The summed E-state index contributed by atoms with van der Waals surface area (Å²) in [6.07, 6.45) is 0. The van der Waals surface area contributed by atoms with Crippen LogP contribution in [0.5, 0.6) is 0 Å². The third kappa shape index (κ3) is 6.51. The molecular weight excluding hydrogens is 819 g/mol. The van der Waals surface area contributed by atoms with Gasteiger partial charge in [0.25, 0.3) is 6.71 Å². The van der Waals surface area contributed by atoms with Crippen LogP contribution in [0, 0.1) is 13.8 Å². The third-order valence-electron chi connectivity index (χ3n) is 14.3. The second-order valence-corrected chi connectivity index (χ2v) is 21.3. The van der Waals surface area contributed by atoms with E-state index in [0.717, 1.165) is 89.4 Å².